The van der Waals surface area contributed by atoms with Gasteiger partial charge in [-0.3, -0.25) is 4.79 Å². The Hall–Kier alpha value is -3.33. The molecule has 4 aromatic rings. The number of fused-ring (bicyclic) bond motifs is 1. The van der Waals surface area contributed by atoms with E-state index in [4.69, 9.17) is 0 Å². The van der Waals surface area contributed by atoms with Crippen molar-refractivity contribution < 1.29 is 9.90 Å². The minimum atomic E-state index is -0.262. The first-order chi connectivity index (χ1) is 16.6. The molecule has 3 N–H and O–H groups in total. The Morgan fingerprint density at radius 3 is 2.74 bits per heavy atom. The van der Waals surface area contributed by atoms with E-state index in [1.54, 1.807) is 11.3 Å². The molecule has 8 heteroatoms. The number of amides is 1. The number of hydrogen-bond donors (Lipinski definition) is 3. The largest absolute Gasteiger partial charge is 0.394 e. The predicted molar refractivity (Wildman–Crippen MR) is 136 cm³/mol. The van der Waals surface area contributed by atoms with Crippen molar-refractivity contribution in [2.45, 2.75) is 19.0 Å². The molecule has 0 bridgehead atoms. The van der Waals surface area contributed by atoms with Crippen molar-refractivity contribution in [3.8, 4) is 10.4 Å². The van der Waals surface area contributed by atoms with Crippen molar-refractivity contribution in [3.05, 3.63) is 78.1 Å². The van der Waals surface area contributed by atoms with Gasteiger partial charge in [0.25, 0.3) is 5.91 Å². The summed E-state index contributed by atoms with van der Waals surface area (Å²) in [7, 11) is 0. The molecule has 0 spiro atoms. The summed E-state index contributed by atoms with van der Waals surface area (Å²) in [5.41, 5.74) is 3.57. The zero-order chi connectivity index (χ0) is 23.5. The number of aliphatic hydroxyl groups is 1. The first-order valence-corrected chi connectivity index (χ1v) is 12.2. The number of nitrogens with zero attached hydrogens (tertiary/aromatic N) is 3. The van der Waals surface area contributed by atoms with Gasteiger partial charge in [0.15, 0.2) is 0 Å². The molecule has 34 heavy (non-hydrogen) atoms. The number of nitrogens with one attached hydrogen (secondary N) is 2. The Kier molecular flexibility index (Phi) is 6.53. The zero-order valence-corrected chi connectivity index (χ0v) is 19.8. The van der Waals surface area contributed by atoms with Crippen molar-refractivity contribution in [1.29, 1.82) is 0 Å². The van der Waals surface area contributed by atoms with Crippen LogP contribution in [-0.4, -0.2) is 58.2 Å². The van der Waals surface area contributed by atoms with Crippen molar-refractivity contribution >= 4 is 33.3 Å². The number of thiophene rings is 1. The van der Waals surface area contributed by atoms with Gasteiger partial charge in [0.2, 0.25) is 0 Å². The maximum absolute atomic E-state index is 12.9. The standard InChI is InChI=1S/C26H27N5O2S/c1-17-14-27-11-12-31(17)26(33)20-9-7-19(8-10-20)23-13-21-24(34-23)25(29-16-28-21)30-22(15-32)18-5-3-2-4-6-18/h2-10,13,16-17,22,27,32H,11-12,14-15H2,1H3,(H,28,29,30)/t17?,22-/m1/s1. The number of anilines is 1. The lowest BCUT2D eigenvalue weighted by molar-refractivity contribution is 0.0656. The Bertz CT molecular complexity index is 1280. The van der Waals surface area contributed by atoms with E-state index < -0.39 is 0 Å². The summed E-state index contributed by atoms with van der Waals surface area (Å²) in [6.45, 7) is 4.40. The van der Waals surface area contributed by atoms with E-state index in [1.165, 1.54) is 6.33 Å². The van der Waals surface area contributed by atoms with Gasteiger partial charge in [-0.15, -0.1) is 11.3 Å². The van der Waals surface area contributed by atoms with Crippen LogP contribution in [0.3, 0.4) is 0 Å². The van der Waals surface area contributed by atoms with Gasteiger partial charge >= 0.3 is 0 Å². The van der Waals surface area contributed by atoms with Crippen LogP contribution in [0.4, 0.5) is 5.82 Å². The normalized spacial score (nSPS) is 17.0. The lowest BCUT2D eigenvalue weighted by Crippen LogP contribution is -2.52. The lowest BCUT2D eigenvalue weighted by atomic mass is 10.1. The van der Waals surface area contributed by atoms with Gasteiger partial charge < -0.3 is 20.6 Å². The molecule has 174 valence electrons. The fourth-order valence-electron chi connectivity index (χ4n) is 4.27. The molecule has 1 unspecified atom stereocenters. The molecule has 1 aliphatic rings. The van der Waals surface area contributed by atoms with Gasteiger partial charge in [-0.2, -0.15) is 0 Å². The molecule has 1 aliphatic heterocycles. The van der Waals surface area contributed by atoms with Crippen LogP contribution in [0.15, 0.2) is 67.0 Å². The molecule has 1 amide bonds. The van der Waals surface area contributed by atoms with Crippen molar-refractivity contribution in [2.24, 2.45) is 0 Å². The summed E-state index contributed by atoms with van der Waals surface area (Å²) in [6.07, 6.45) is 1.54. The number of piperazine rings is 1. The number of rotatable bonds is 6. The lowest BCUT2D eigenvalue weighted by Gasteiger charge is -2.34. The summed E-state index contributed by atoms with van der Waals surface area (Å²) in [5.74, 6) is 0.772. The van der Waals surface area contributed by atoms with E-state index in [9.17, 15) is 9.90 Å². The van der Waals surface area contributed by atoms with Gasteiger partial charge in [-0.25, -0.2) is 9.97 Å². The van der Waals surface area contributed by atoms with Crippen LogP contribution in [0, 0.1) is 0 Å². The predicted octanol–water partition coefficient (Wildman–Crippen LogP) is 3.94. The average molecular weight is 474 g/mol. The molecule has 7 nitrogen and oxygen atoms in total. The van der Waals surface area contributed by atoms with Gasteiger partial charge in [0, 0.05) is 36.1 Å². The number of aromatic nitrogens is 2. The third-order valence-corrected chi connectivity index (χ3v) is 7.37. The van der Waals surface area contributed by atoms with Gasteiger partial charge in [-0.05, 0) is 36.2 Å². The molecule has 2 atom stereocenters. The minimum Gasteiger partial charge on any atom is -0.394 e. The topological polar surface area (TPSA) is 90.4 Å². The van der Waals surface area contributed by atoms with Gasteiger partial charge in [0.1, 0.15) is 12.1 Å². The van der Waals surface area contributed by atoms with Crippen LogP contribution in [0.25, 0.3) is 20.7 Å². The fraction of sp³-hybridized carbons (Fsp3) is 0.269. The highest BCUT2D eigenvalue weighted by molar-refractivity contribution is 7.22. The van der Waals surface area contributed by atoms with Gasteiger partial charge in [0.05, 0.1) is 22.9 Å². The fourth-order valence-corrected chi connectivity index (χ4v) is 5.34. The number of carbonyl (C=O) groups is 1. The van der Waals surface area contributed by atoms with Crippen LogP contribution in [0.1, 0.15) is 28.9 Å². The number of carbonyl (C=O) groups excluding carboxylic acids is 1. The zero-order valence-electron chi connectivity index (χ0n) is 18.9. The van der Waals surface area contributed by atoms with Crippen LogP contribution in [0.5, 0.6) is 0 Å². The van der Waals surface area contributed by atoms with Gasteiger partial charge in [-0.1, -0.05) is 42.5 Å². The first-order valence-electron chi connectivity index (χ1n) is 11.4. The molecule has 0 saturated carbocycles. The minimum absolute atomic E-state index is 0.0467. The summed E-state index contributed by atoms with van der Waals surface area (Å²) in [4.78, 5) is 24.8. The molecule has 2 aromatic heterocycles. The molecule has 5 rings (SSSR count). The van der Waals surface area contributed by atoms with E-state index in [0.717, 1.165) is 45.9 Å². The molecule has 2 aromatic carbocycles. The van der Waals surface area contributed by atoms with Crippen LogP contribution in [0.2, 0.25) is 0 Å². The van der Waals surface area contributed by atoms with E-state index in [2.05, 4.69) is 27.5 Å². The number of aliphatic hydroxyl groups excluding tert-OH is 1. The highest BCUT2D eigenvalue weighted by Gasteiger charge is 2.24. The van der Waals surface area contributed by atoms with E-state index in [-0.39, 0.29) is 24.6 Å². The summed E-state index contributed by atoms with van der Waals surface area (Å²) >= 11 is 1.59. The molecule has 0 aliphatic carbocycles. The first kappa shape index (κ1) is 22.5. The Balaban J connectivity index is 1.39. The second kappa shape index (κ2) is 9.89. The van der Waals surface area contributed by atoms with Crippen molar-refractivity contribution in [2.75, 3.05) is 31.6 Å². The second-order valence-corrected chi connectivity index (χ2v) is 9.52. The molecule has 0 radical (unpaired) electrons. The second-order valence-electron chi connectivity index (χ2n) is 8.47. The smallest absolute Gasteiger partial charge is 0.254 e. The Morgan fingerprint density at radius 2 is 2.00 bits per heavy atom. The molecule has 1 fully saturated rings. The number of benzene rings is 2. The molecular weight excluding hydrogens is 446 g/mol. The van der Waals surface area contributed by atoms with E-state index >= 15 is 0 Å². The van der Waals surface area contributed by atoms with Crippen LogP contribution < -0.4 is 10.6 Å². The monoisotopic (exact) mass is 473 g/mol. The van der Waals surface area contributed by atoms with E-state index in [1.807, 2.05) is 65.6 Å². The van der Waals surface area contributed by atoms with Crippen molar-refractivity contribution in [3.63, 3.8) is 0 Å². The third-order valence-electron chi connectivity index (χ3n) is 6.19. The summed E-state index contributed by atoms with van der Waals surface area (Å²) < 4.78 is 0.932. The Labute approximate surface area is 202 Å². The maximum atomic E-state index is 12.9. The Morgan fingerprint density at radius 1 is 1.21 bits per heavy atom. The summed E-state index contributed by atoms with van der Waals surface area (Å²) in [5, 5.41) is 16.6. The molecule has 3 heterocycles. The third kappa shape index (κ3) is 4.52. The van der Waals surface area contributed by atoms with Crippen LogP contribution in [-0.2, 0) is 0 Å². The SMILES string of the molecule is CC1CNCCN1C(=O)c1ccc(-c2cc3ncnc(N[C@H](CO)c4ccccc4)c3s2)cc1. The quantitative estimate of drug-likeness (QED) is 0.393. The maximum Gasteiger partial charge on any atom is 0.254 e. The molecule has 1 saturated heterocycles. The average Bonchev–Trinajstić information content (AvgIpc) is 3.33. The highest BCUT2D eigenvalue weighted by atomic mass is 32.1. The summed E-state index contributed by atoms with van der Waals surface area (Å²) in [6, 6.07) is 19.6. The number of hydrogen-bond acceptors (Lipinski definition) is 7. The highest BCUT2D eigenvalue weighted by Crippen LogP contribution is 2.36. The van der Waals surface area contributed by atoms with E-state index in [0.29, 0.717) is 11.4 Å². The van der Waals surface area contributed by atoms with Crippen LogP contribution >= 0.6 is 11.3 Å². The molecular formula is C26H27N5O2S. The van der Waals surface area contributed by atoms with Crippen molar-refractivity contribution in [1.82, 2.24) is 20.2 Å².